The van der Waals surface area contributed by atoms with E-state index in [0.717, 1.165) is 30.6 Å². The molecule has 7 nitrogen and oxygen atoms in total. The minimum Gasteiger partial charge on any atom is -0.507 e. The molecule has 1 saturated heterocycles. The minimum absolute atomic E-state index is 0.0475. The summed E-state index contributed by atoms with van der Waals surface area (Å²) in [7, 11) is 0. The maximum atomic E-state index is 13.4. The van der Waals surface area contributed by atoms with E-state index in [1.54, 1.807) is 24.3 Å². The number of hydrogen-bond donors (Lipinski definition) is 1. The Bertz CT molecular complexity index is 1330. The maximum absolute atomic E-state index is 13.4. The van der Waals surface area contributed by atoms with Crippen LogP contribution in [0.4, 0.5) is 0 Å². The lowest BCUT2D eigenvalue weighted by Gasteiger charge is -2.25. The zero-order valence-corrected chi connectivity index (χ0v) is 21.1. The summed E-state index contributed by atoms with van der Waals surface area (Å²) in [5.74, 6) is 0.348. The van der Waals surface area contributed by atoms with E-state index in [0.29, 0.717) is 35.7 Å². The van der Waals surface area contributed by atoms with Crippen molar-refractivity contribution >= 4 is 17.4 Å². The van der Waals surface area contributed by atoms with Gasteiger partial charge in [-0.3, -0.25) is 9.59 Å². The Balaban J connectivity index is 1.56. The smallest absolute Gasteiger partial charge is 0.296 e. The standard InChI is InChI=1S/C30H31NO6/c1-3-4-5-13-35-23-9-6-8-20(17-23)27-26(29(33)30(34)31(27)18-24-10-7-14-36-24)28(32)21-11-12-25-22(16-21)15-19(2)37-25/h6-12,14,16-17,19,27,32H,3-5,13,15,18H2,1-2H3/b28-26+/t19-,27-/m1/s1. The van der Waals surface area contributed by atoms with Gasteiger partial charge in [0.15, 0.2) is 0 Å². The van der Waals surface area contributed by atoms with Gasteiger partial charge in [0.05, 0.1) is 31.0 Å². The van der Waals surface area contributed by atoms with Crippen LogP contribution in [0.15, 0.2) is 70.9 Å². The van der Waals surface area contributed by atoms with Crippen molar-refractivity contribution in [1.29, 1.82) is 0 Å². The Labute approximate surface area is 216 Å². The van der Waals surface area contributed by atoms with Gasteiger partial charge < -0.3 is 23.9 Å². The monoisotopic (exact) mass is 501 g/mol. The fourth-order valence-electron chi connectivity index (χ4n) is 5.00. The van der Waals surface area contributed by atoms with E-state index >= 15 is 0 Å². The van der Waals surface area contributed by atoms with Crippen LogP contribution in [-0.4, -0.2) is 34.4 Å². The first kappa shape index (κ1) is 24.7. The van der Waals surface area contributed by atoms with Crippen molar-refractivity contribution in [3.8, 4) is 11.5 Å². The van der Waals surface area contributed by atoms with Crippen LogP contribution in [0.5, 0.6) is 11.5 Å². The molecule has 0 saturated carbocycles. The molecule has 1 aromatic heterocycles. The topological polar surface area (TPSA) is 89.2 Å². The van der Waals surface area contributed by atoms with Crippen LogP contribution in [0.3, 0.4) is 0 Å². The van der Waals surface area contributed by atoms with Crippen LogP contribution < -0.4 is 9.47 Å². The first-order valence-electron chi connectivity index (χ1n) is 12.8. The van der Waals surface area contributed by atoms with Gasteiger partial charge in [0.25, 0.3) is 11.7 Å². The second-order valence-electron chi connectivity index (χ2n) is 9.59. The zero-order chi connectivity index (χ0) is 25.9. The van der Waals surface area contributed by atoms with E-state index in [-0.39, 0.29) is 24.0 Å². The molecule has 3 heterocycles. The van der Waals surface area contributed by atoms with Crippen molar-refractivity contribution in [1.82, 2.24) is 4.90 Å². The average molecular weight is 502 g/mol. The normalized spacial score (nSPS) is 20.2. The van der Waals surface area contributed by atoms with Crippen molar-refractivity contribution in [3.05, 3.63) is 88.9 Å². The number of aliphatic hydroxyl groups is 1. The molecule has 0 spiro atoms. The molecular formula is C30H31NO6. The number of unbranched alkanes of at least 4 members (excludes halogenated alkanes) is 2. The predicted molar refractivity (Wildman–Crippen MR) is 138 cm³/mol. The summed E-state index contributed by atoms with van der Waals surface area (Å²) in [6.07, 6.45) is 5.40. The second-order valence-corrected chi connectivity index (χ2v) is 9.59. The molecule has 0 bridgehead atoms. The molecule has 3 aromatic rings. The van der Waals surface area contributed by atoms with Crippen molar-refractivity contribution in [3.63, 3.8) is 0 Å². The van der Waals surface area contributed by atoms with Gasteiger partial charge in [-0.1, -0.05) is 31.9 Å². The number of furan rings is 1. The summed E-state index contributed by atoms with van der Waals surface area (Å²) in [6.45, 7) is 4.80. The van der Waals surface area contributed by atoms with Crippen molar-refractivity contribution in [2.75, 3.05) is 6.61 Å². The summed E-state index contributed by atoms with van der Waals surface area (Å²) in [4.78, 5) is 28.1. The van der Waals surface area contributed by atoms with Gasteiger partial charge in [0, 0.05) is 12.0 Å². The average Bonchev–Trinajstić information content (AvgIpc) is 3.60. The third kappa shape index (κ3) is 4.99. The summed E-state index contributed by atoms with van der Waals surface area (Å²) < 4.78 is 17.2. The van der Waals surface area contributed by atoms with Crippen LogP contribution in [-0.2, 0) is 22.6 Å². The lowest BCUT2D eigenvalue weighted by Crippen LogP contribution is -2.29. The summed E-state index contributed by atoms with van der Waals surface area (Å²) in [5, 5.41) is 11.4. The number of Topliss-reactive ketones (excluding diaryl/α,β-unsaturated/α-hetero) is 1. The minimum atomic E-state index is -0.798. The van der Waals surface area contributed by atoms with E-state index < -0.39 is 17.7 Å². The maximum Gasteiger partial charge on any atom is 0.296 e. The molecule has 2 aliphatic rings. The van der Waals surface area contributed by atoms with E-state index in [1.807, 2.05) is 37.3 Å². The van der Waals surface area contributed by atoms with E-state index in [1.165, 1.54) is 11.2 Å². The number of benzene rings is 2. The van der Waals surface area contributed by atoms with Gasteiger partial charge in [0.2, 0.25) is 0 Å². The molecule has 2 aliphatic heterocycles. The Kier molecular flexibility index (Phi) is 7.04. The van der Waals surface area contributed by atoms with Crippen molar-refractivity contribution < 1.29 is 28.6 Å². The number of amides is 1. The lowest BCUT2D eigenvalue weighted by atomic mass is 9.94. The van der Waals surface area contributed by atoms with Crippen LogP contribution in [0.2, 0.25) is 0 Å². The molecule has 1 amide bonds. The van der Waals surface area contributed by atoms with Gasteiger partial charge >= 0.3 is 0 Å². The number of ether oxygens (including phenoxy) is 2. The number of hydrogen-bond acceptors (Lipinski definition) is 6. The number of nitrogens with zero attached hydrogens (tertiary/aromatic N) is 1. The number of ketones is 1. The van der Waals surface area contributed by atoms with E-state index in [2.05, 4.69) is 6.92 Å². The van der Waals surface area contributed by atoms with Crippen molar-refractivity contribution in [2.24, 2.45) is 0 Å². The van der Waals surface area contributed by atoms with E-state index in [4.69, 9.17) is 13.9 Å². The first-order chi connectivity index (χ1) is 18.0. The Morgan fingerprint density at radius 1 is 1.11 bits per heavy atom. The van der Waals surface area contributed by atoms with Crippen molar-refractivity contribution in [2.45, 2.75) is 58.2 Å². The number of carbonyl (C=O) groups excluding carboxylic acids is 2. The number of aliphatic hydroxyl groups excluding tert-OH is 1. The molecule has 7 heteroatoms. The van der Waals surface area contributed by atoms with Crippen LogP contribution in [0, 0.1) is 0 Å². The van der Waals surface area contributed by atoms with Crippen LogP contribution in [0.1, 0.15) is 61.6 Å². The molecule has 5 rings (SSSR count). The molecule has 1 fully saturated rings. The lowest BCUT2D eigenvalue weighted by molar-refractivity contribution is -0.140. The highest BCUT2D eigenvalue weighted by atomic mass is 16.5. The molecule has 192 valence electrons. The predicted octanol–water partition coefficient (Wildman–Crippen LogP) is 5.79. The molecule has 0 unspecified atom stereocenters. The van der Waals surface area contributed by atoms with E-state index in [9.17, 15) is 14.7 Å². The Hall–Kier alpha value is -4.00. The quantitative estimate of drug-likeness (QED) is 0.173. The summed E-state index contributed by atoms with van der Waals surface area (Å²) in [5.41, 5.74) is 2.16. The fraction of sp³-hybridized carbons (Fsp3) is 0.333. The molecule has 2 aromatic carbocycles. The van der Waals surface area contributed by atoms with Gasteiger partial charge in [-0.05, 0) is 66.9 Å². The molecule has 0 aliphatic carbocycles. The summed E-state index contributed by atoms with van der Waals surface area (Å²) >= 11 is 0. The molecule has 1 N–H and O–H groups in total. The van der Waals surface area contributed by atoms with Crippen LogP contribution >= 0.6 is 0 Å². The summed E-state index contributed by atoms with van der Waals surface area (Å²) in [6, 6.07) is 15.4. The SMILES string of the molecule is CCCCCOc1cccc([C@@H]2/C(=C(\O)c3ccc4c(c3)C[C@@H](C)O4)C(=O)C(=O)N2Cc2ccco2)c1. The number of fused-ring (bicyclic) bond motifs is 1. The highest BCUT2D eigenvalue weighted by Crippen LogP contribution is 2.42. The third-order valence-electron chi connectivity index (χ3n) is 6.81. The number of likely N-dealkylation sites (tertiary alicyclic amines) is 1. The van der Waals surface area contributed by atoms with Gasteiger partial charge in [0.1, 0.15) is 29.1 Å². The molecule has 0 radical (unpaired) electrons. The third-order valence-corrected chi connectivity index (χ3v) is 6.81. The Morgan fingerprint density at radius 2 is 1.97 bits per heavy atom. The number of carbonyl (C=O) groups is 2. The highest BCUT2D eigenvalue weighted by Gasteiger charge is 2.46. The number of rotatable bonds is 9. The van der Waals surface area contributed by atoms with Crippen LogP contribution in [0.25, 0.3) is 5.76 Å². The molecule has 2 atom stereocenters. The second kappa shape index (κ2) is 10.5. The van der Waals surface area contributed by atoms with Gasteiger partial charge in [-0.15, -0.1) is 0 Å². The van der Waals surface area contributed by atoms with Gasteiger partial charge in [-0.25, -0.2) is 0 Å². The Morgan fingerprint density at radius 3 is 2.76 bits per heavy atom. The zero-order valence-electron chi connectivity index (χ0n) is 21.1. The fourth-order valence-corrected chi connectivity index (χ4v) is 5.00. The largest absolute Gasteiger partial charge is 0.507 e. The van der Waals surface area contributed by atoms with Gasteiger partial charge in [-0.2, -0.15) is 0 Å². The first-order valence-corrected chi connectivity index (χ1v) is 12.8. The molecular weight excluding hydrogens is 470 g/mol. The molecule has 37 heavy (non-hydrogen) atoms. The highest BCUT2D eigenvalue weighted by molar-refractivity contribution is 6.46.